The van der Waals surface area contributed by atoms with Crippen LogP contribution in [0.1, 0.15) is 32.3 Å². The molecule has 0 amide bonds. The molecule has 1 aliphatic rings. The minimum Gasteiger partial charge on any atom is -0.389 e. The van der Waals surface area contributed by atoms with Crippen LogP contribution >= 0.6 is 11.6 Å². The van der Waals surface area contributed by atoms with E-state index in [9.17, 15) is 9.50 Å². The molecule has 0 aromatic heterocycles. The third-order valence-corrected chi connectivity index (χ3v) is 3.57. The van der Waals surface area contributed by atoms with Crippen LogP contribution in [-0.4, -0.2) is 22.9 Å². The van der Waals surface area contributed by atoms with Crippen molar-refractivity contribution in [1.29, 1.82) is 0 Å². The predicted octanol–water partition coefficient (Wildman–Crippen LogP) is 3.34. The molecule has 1 aromatic carbocycles. The smallest absolute Gasteiger partial charge is 0.127 e. The summed E-state index contributed by atoms with van der Waals surface area (Å²) in [7, 11) is 0. The summed E-state index contributed by atoms with van der Waals surface area (Å²) in [4.78, 5) is 0. The van der Waals surface area contributed by atoms with E-state index in [1.54, 1.807) is 12.1 Å². The van der Waals surface area contributed by atoms with Gasteiger partial charge < -0.3 is 9.84 Å². The van der Waals surface area contributed by atoms with Crippen LogP contribution in [-0.2, 0) is 11.2 Å². The van der Waals surface area contributed by atoms with E-state index >= 15 is 0 Å². The molecule has 0 bridgehead atoms. The highest BCUT2D eigenvalue weighted by atomic mass is 35.5. The normalized spacial score (nSPS) is 32.5. The number of rotatable bonds is 2. The molecule has 2 atom stereocenters. The molecule has 0 radical (unpaired) electrons. The van der Waals surface area contributed by atoms with Gasteiger partial charge in [-0.15, -0.1) is 0 Å². The summed E-state index contributed by atoms with van der Waals surface area (Å²) < 4.78 is 19.3. The van der Waals surface area contributed by atoms with Crippen molar-refractivity contribution in [1.82, 2.24) is 0 Å². The molecule has 2 unspecified atom stereocenters. The van der Waals surface area contributed by atoms with Crippen LogP contribution in [0.25, 0.3) is 0 Å². The van der Waals surface area contributed by atoms with E-state index < -0.39 is 5.60 Å². The van der Waals surface area contributed by atoms with Gasteiger partial charge in [0.1, 0.15) is 5.82 Å². The molecule has 1 aromatic rings. The van der Waals surface area contributed by atoms with Gasteiger partial charge in [-0.05, 0) is 31.5 Å². The molecule has 100 valence electrons. The molecule has 2 nitrogen and oxygen atoms in total. The first-order valence-corrected chi connectivity index (χ1v) is 6.57. The van der Waals surface area contributed by atoms with Gasteiger partial charge in [0.15, 0.2) is 0 Å². The Bertz CT molecular complexity index is 426. The van der Waals surface area contributed by atoms with E-state index in [0.29, 0.717) is 29.8 Å². The zero-order valence-electron chi connectivity index (χ0n) is 10.6. The van der Waals surface area contributed by atoms with Crippen LogP contribution in [0.5, 0.6) is 0 Å². The van der Waals surface area contributed by atoms with Crippen LogP contribution in [0.2, 0.25) is 5.02 Å². The van der Waals surface area contributed by atoms with Crippen molar-refractivity contribution in [2.75, 3.05) is 0 Å². The van der Waals surface area contributed by atoms with E-state index in [4.69, 9.17) is 16.3 Å². The van der Waals surface area contributed by atoms with Crippen LogP contribution in [0, 0.1) is 5.82 Å². The maximum absolute atomic E-state index is 13.7. The van der Waals surface area contributed by atoms with Gasteiger partial charge in [0, 0.05) is 24.3 Å². The summed E-state index contributed by atoms with van der Waals surface area (Å²) in [5.74, 6) is -0.359. The van der Waals surface area contributed by atoms with Gasteiger partial charge in [0.25, 0.3) is 0 Å². The topological polar surface area (TPSA) is 29.5 Å². The van der Waals surface area contributed by atoms with Crippen LogP contribution < -0.4 is 0 Å². The molecular formula is C14H18ClFO2. The Morgan fingerprint density at radius 3 is 2.56 bits per heavy atom. The minimum absolute atomic E-state index is 0.00545. The Hall–Kier alpha value is -0.640. The molecule has 2 rings (SSSR count). The quantitative estimate of drug-likeness (QED) is 0.895. The van der Waals surface area contributed by atoms with Gasteiger partial charge in [0.2, 0.25) is 0 Å². The fraction of sp³-hybridized carbons (Fsp3) is 0.571. The van der Waals surface area contributed by atoms with Gasteiger partial charge in [0.05, 0.1) is 17.8 Å². The largest absolute Gasteiger partial charge is 0.389 e. The number of hydrogen-bond acceptors (Lipinski definition) is 2. The van der Waals surface area contributed by atoms with E-state index in [0.717, 1.165) is 0 Å². The Morgan fingerprint density at radius 2 is 2.00 bits per heavy atom. The lowest BCUT2D eigenvalue weighted by Gasteiger charge is -2.39. The molecule has 1 saturated heterocycles. The van der Waals surface area contributed by atoms with E-state index in [1.165, 1.54) is 6.07 Å². The highest BCUT2D eigenvalue weighted by molar-refractivity contribution is 6.30. The van der Waals surface area contributed by atoms with Crippen LogP contribution in [0.15, 0.2) is 18.2 Å². The third-order valence-electron chi connectivity index (χ3n) is 3.33. The van der Waals surface area contributed by atoms with Gasteiger partial charge in [-0.2, -0.15) is 0 Å². The second kappa shape index (κ2) is 5.16. The summed E-state index contributed by atoms with van der Waals surface area (Å²) in [5, 5.41) is 11.0. The predicted molar refractivity (Wildman–Crippen MR) is 69.3 cm³/mol. The molecule has 0 spiro atoms. The lowest BCUT2D eigenvalue weighted by molar-refractivity contribution is -0.131. The van der Waals surface area contributed by atoms with Gasteiger partial charge in [-0.1, -0.05) is 17.7 Å². The third kappa shape index (κ3) is 3.22. The Balaban J connectivity index is 2.16. The standard InChI is InChI=1S/C14H18ClFO2/c1-9-6-14(17,7-10(2)18-9)8-11-3-4-12(15)5-13(11)16/h3-5,9-10,17H,6-8H2,1-2H3. The summed E-state index contributed by atoms with van der Waals surface area (Å²) in [6.45, 7) is 3.86. The van der Waals surface area contributed by atoms with Gasteiger partial charge >= 0.3 is 0 Å². The minimum atomic E-state index is -0.897. The van der Waals surface area contributed by atoms with Crippen molar-refractivity contribution in [2.45, 2.75) is 50.9 Å². The van der Waals surface area contributed by atoms with E-state index in [1.807, 2.05) is 13.8 Å². The van der Waals surface area contributed by atoms with E-state index in [2.05, 4.69) is 0 Å². The maximum Gasteiger partial charge on any atom is 0.127 e. The summed E-state index contributed by atoms with van der Waals surface area (Å²) >= 11 is 5.72. The fourth-order valence-electron chi connectivity index (χ4n) is 2.81. The van der Waals surface area contributed by atoms with Crippen LogP contribution in [0.3, 0.4) is 0 Å². The molecule has 1 fully saturated rings. The fourth-order valence-corrected chi connectivity index (χ4v) is 2.97. The highest BCUT2D eigenvalue weighted by Gasteiger charge is 2.37. The second-order valence-electron chi connectivity index (χ2n) is 5.30. The lowest BCUT2D eigenvalue weighted by Crippen LogP contribution is -2.45. The first-order chi connectivity index (χ1) is 8.38. The summed E-state index contributed by atoms with van der Waals surface area (Å²) in [6, 6.07) is 4.57. The summed E-state index contributed by atoms with van der Waals surface area (Å²) in [6.07, 6.45) is 1.34. The van der Waals surface area contributed by atoms with Crippen molar-refractivity contribution >= 4 is 11.6 Å². The van der Waals surface area contributed by atoms with Crippen molar-refractivity contribution < 1.29 is 14.2 Å². The molecule has 0 aliphatic carbocycles. The molecule has 18 heavy (non-hydrogen) atoms. The first-order valence-electron chi connectivity index (χ1n) is 6.20. The lowest BCUT2D eigenvalue weighted by atomic mass is 9.82. The number of ether oxygens (including phenoxy) is 1. The van der Waals surface area contributed by atoms with Crippen molar-refractivity contribution in [3.05, 3.63) is 34.6 Å². The number of hydrogen-bond donors (Lipinski definition) is 1. The number of benzene rings is 1. The number of halogens is 2. The average Bonchev–Trinajstić information content (AvgIpc) is 2.20. The molecule has 4 heteroatoms. The van der Waals surface area contributed by atoms with Crippen molar-refractivity contribution in [2.24, 2.45) is 0 Å². The highest BCUT2D eigenvalue weighted by Crippen LogP contribution is 2.32. The zero-order chi connectivity index (χ0) is 13.3. The zero-order valence-corrected chi connectivity index (χ0v) is 11.4. The first kappa shape index (κ1) is 13.8. The van der Waals surface area contributed by atoms with Crippen molar-refractivity contribution in [3.8, 4) is 0 Å². The Morgan fingerprint density at radius 1 is 1.39 bits per heavy atom. The van der Waals surface area contributed by atoms with Gasteiger partial charge in [-0.25, -0.2) is 4.39 Å². The Kier molecular flexibility index (Phi) is 3.95. The molecule has 0 saturated carbocycles. The molecule has 1 aliphatic heterocycles. The number of aliphatic hydroxyl groups is 1. The Labute approximate surface area is 112 Å². The molecule has 1 heterocycles. The molecular weight excluding hydrogens is 255 g/mol. The monoisotopic (exact) mass is 272 g/mol. The van der Waals surface area contributed by atoms with Crippen molar-refractivity contribution in [3.63, 3.8) is 0 Å². The average molecular weight is 273 g/mol. The maximum atomic E-state index is 13.7. The molecule has 1 N–H and O–H groups in total. The van der Waals surface area contributed by atoms with E-state index in [-0.39, 0.29) is 18.0 Å². The van der Waals surface area contributed by atoms with Crippen LogP contribution in [0.4, 0.5) is 4.39 Å². The SMILES string of the molecule is CC1CC(O)(Cc2ccc(Cl)cc2F)CC(C)O1. The second-order valence-corrected chi connectivity index (χ2v) is 5.74. The summed E-state index contributed by atoms with van der Waals surface area (Å²) in [5.41, 5.74) is -0.394. The van der Waals surface area contributed by atoms with Gasteiger partial charge in [-0.3, -0.25) is 0 Å².